The molecule has 24 heavy (non-hydrogen) atoms. The molecule has 1 fully saturated rings. The fraction of sp³-hybridized carbons (Fsp3) is 0.467. The van der Waals surface area contributed by atoms with Crippen molar-refractivity contribution in [1.82, 2.24) is 15.1 Å². The zero-order valence-corrected chi connectivity index (χ0v) is 15.1. The number of carbonyl (C=O) groups excluding carboxylic acids is 2. The van der Waals surface area contributed by atoms with E-state index in [1.165, 1.54) is 24.3 Å². The number of amides is 3. The largest absolute Gasteiger partial charge is 0.336 e. The van der Waals surface area contributed by atoms with Gasteiger partial charge in [0, 0.05) is 48.5 Å². The summed E-state index contributed by atoms with van der Waals surface area (Å²) < 4.78 is 22.4. The predicted molar refractivity (Wildman–Crippen MR) is 90.6 cm³/mol. The quantitative estimate of drug-likeness (QED) is 0.813. The van der Waals surface area contributed by atoms with Gasteiger partial charge in [-0.2, -0.15) is 0 Å². The molecule has 0 spiro atoms. The fourth-order valence-electron chi connectivity index (χ4n) is 2.39. The molecular weight excluding hydrogens is 354 g/mol. The second-order valence-electron chi connectivity index (χ2n) is 5.85. The zero-order valence-electron chi connectivity index (χ0n) is 13.5. The van der Waals surface area contributed by atoms with Gasteiger partial charge in [0.2, 0.25) is 0 Å². The Morgan fingerprint density at radius 3 is 2.00 bits per heavy atom. The maximum atomic E-state index is 12.4. The van der Waals surface area contributed by atoms with E-state index in [0.29, 0.717) is 31.7 Å². The molecule has 0 aromatic heterocycles. The summed E-state index contributed by atoms with van der Waals surface area (Å²) in [5.74, 6) is -0.197. The highest BCUT2D eigenvalue weighted by Crippen LogP contribution is 2.17. The third-order valence-electron chi connectivity index (χ3n) is 3.65. The van der Waals surface area contributed by atoms with Gasteiger partial charge in [0.15, 0.2) is 0 Å². The average Bonchev–Trinajstić information content (AvgIpc) is 2.53. The van der Waals surface area contributed by atoms with Gasteiger partial charge in [-0.25, -0.2) is 13.2 Å². The number of halogens is 1. The Hall–Kier alpha value is -1.80. The lowest BCUT2D eigenvalue weighted by Gasteiger charge is -2.35. The van der Waals surface area contributed by atoms with Crippen molar-refractivity contribution >= 4 is 31.7 Å². The number of urea groups is 1. The van der Waals surface area contributed by atoms with E-state index in [-0.39, 0.29) is 22.9 Å². The Morgan fingerprint density at radius 1 is 1.04 bits per heavy atom. The zero-order chi connectivity index (χ0) is 17.9. The van der Waals surface area contributed by atoms with Crippen molar-refractivity contribution in [2.45, 2.75) is 24.8 Å². The molecule has 1 aliphatic heterocycles. The van der Waals surface area contributed by atoms with Crippen LogP contribution in [0.5, 0.6) is 0 Å². The maximum absolute atomic E-state index is 12.4. The minimum atomic E-state index is -3.80. The van der Waals surface area contributed by atoms with Gasteiger partial charge in [0.05, 0.1) is 4.90 Å². The molecule has 0 bridgehead atoms. The number of carbonyl (C=O) groups is 2. The number of nitrogens with zero attached hydrogens (tertiary/aromatic N) is 2. The Balaban J connectivity index is 1.97. The molecule has 2 rings (SSSR count). The minimum Gasteiger partial charge on any atom is -0.336 e. The molecule has 1 aromatic carbocycles. The Kier molecular flexibility index (Phi) is 5.71. The van der Waals surface area contributed by atoms with Gasteiger partial charge in [0.25, 0.3) is 15.0 Å². The average molecular weight is 374 g/mol. The van der Waals surface area contributed by atoms with Gasteiger partial charge in [-0.05, 0) is 38.1 Å². The first-order chi connectivity index (χ1) is 11.2. The van der Waals surface area contributed by atoms with Gasteiger partial charge in [-0.3, -0.25) is 4.79 Å². The molecule has 1 heterocycles. The molecule has 1 aliphatic rings. The van der Waals surface area contributed by atoms with Gasteiger partial charge < -0.3 is 15.1 Å². The minimum absolute atomic E-state index is 0.0455. The molecule has 0 saturated carbocycles. The van der Waals surface area contributed by atoms with E-state index in [9.17, 15) is 18.0 Å². The highest BCUT2D eigenvalue weighted by atomic mass is 35.7. The third kappa shape index (κ3) is 4.61. The molecule has 0 aliphatic carbocycles. The van der Waals surface area contributed by atoms with Crippen molar-refractivity contribution < 1.29 is 18.0 Å². The topological polar surface area (TPSA) is 86.8 Å². The Labute approximate surface area is 146 Å². The van der Waals surface area contributed by atoms with Crippen LogP contribution in [0.1, 0.15) is 24.2 Å². The second kappa shape index (κ2) is 7.40. The fourth-order valence-corrected chi connectivity index (χ4v) is 3.16. The van der Waals surface area contributed by atoms with Crippen LogP contribution in [0.4, 0.5) is 4.79 Å². The summed E-state index contributed by atoms with van der Waals surface area (Å²) in [4.78, 5) is 27.6. The molecule has 0 atom stereocenters. The molecule has 132 valence electrons. The van der Waals surface area contributed by atoms with Crippen LogP contribution < -0.4 is 5.32 Å². The van der Waals surface area contributed by atoms with Crippen LogP contribution in [0, 0.1) is 0 Å². The maximum Gasteiger partial charge on any atom is 0.317 e. The SMILES string of the molecule is CC(C)NC(=O)N1CCN(C(=O)c2ccc(S(=O)(=O)Cl)cc2)CC1. The first-order valence-corrected chi connectivity index (χ1v) is 9.89. The van der Waals surface area contributed by atoms with Crippen LogP contribution in [0.15, 0.2) is 29.2 Å². The molecule has 9 heteroatoms. The smallest absolute Gasteiger partial charge is 0.317 e. The summed E-state index contributed by atoms with van der Waals surface area (Å²) in [6.07, 6.45) is 0. The van der Waals surface area contributed by atoms with Crippen LogP contribution in [-0.4, -0.2) is 62.4 Å². The number of rotatable bonds is 3. The summed E-state index contributed by atoms with van der Waals surface area (Å²) in [5.41, 5.74) is 0.388. The lowest BCUT2D eigenvalue weighted by atomic mass is 10.2. The van der Waals surface area contributed by atoms with Crippen LogP contribution in [-0.2, 0) is 9.05 Å². The van der Waals surface area contributed by atoms with Crippen LogP contribution >= 0.6 is 10.7 Å². The summed E-state index contributed by atoms with van der Waals surface area (Å²) in [7, 11) is 1.45. The van der Waals surface area contributed by atoms with Gasteiger partial charge in [-0.1, -0.05) is 0 Å². The van der Waals surface area contributed by atoms with Crippen LogP contribution in [0.3, 0.4) is 0 Å². The van der Waals surface area contributed by atoms with Gasteiger partial charge in [-0.15, -0.1) is 0 Å². The van der Waals surface area contributed by atoms with Crippen molar-refractivity contribution in [2.24, 2.45) is 0 Å². The molecule has 3 amide bonds. The molecule has 0 unspecified atom stereocenters. The molecule has 1 aromatic rings. The van der Waals surface area contributed by atoms with Crippen LogP contribution in [0.2, 0.25) is 0 Å². The number of hydrogen-bond donors (Lipinski definition) is 1. The first kappa shape index (κ1) is 18.5. The summed E-state index contributed by atoms with van der Waals surface area (Å²) in [5, 5.41) is 2.82. The second-order valence-corrected chi connectivity index (χ2v) is 8.41. The summed E-state index contributed by atoms with van der Waals surface area (Å²) in [6.45, 7) is 5.56. The third-order valence-corrected chi connectivity index (χ3v) is 5.02. The highest BCUT2D eigenvalue weighted by Gasteiger charge is 2.25. The lowest BCUT2D eigenvalue weighted by molar-refractivity contribution is 0.0664. The number of nitrogens with one attached hydrogen (secondary N) is 1. The van der Waals surface area contributed by atoms with E-state index >= 15 is 0 Å². The lowest BCUT2D eigenvalue weighted by Crippen LogP contribution is -2.54. The molecule has 1 N–H and O–H groups in total. The van der Waals surface area contributed by atoms with E-state index in [1.54, 1.807) is 9.80 Å². The van der Waals surface area contributed by atoms with Gasteiger partial charge in [0.1, 0.15) is 0 Å². The van der Waals surface area contributed by atoms with E-state index in [2.05, 4.69) is 5.32 Å². The molecule has 0 radical (unpaired) electrons. The van der Waals surface area contributed by atoms with Crippen molar-refractivity contribution in [2.75, 3.05) is 26.2 Å². The molecule has 1 saturated heterocycles. The normalized spacial score (nSPS) is 15.5. The monoisotopic (exact) mass is 373 g/mol. The predicted octanol–water partition coefficient (Wildman–Crippen LogP) is 1.49. The van der Waals surface area contributed by atoms with E-state index in [0.717, 1.165) is 0 Å². The molecule has 7 nitrogen and oxygen atoms in total. The summed E-state index contributed by atoms with van der Waals surface area (Å²) in [6, 6.07) is 5.43. The number of benzene rings is 1. The van der Waals surface area contributed by atoms with E-state index in [1.807, 2.05) is 13.8 Å². The molecular formula is C15H20ClN3O4S. The van der Waals surface area contributed by atoms with Crippen LogP contribution in [0.25, 0.3) is 0 Å². The number of hydrogen-bond acceptors (Lipinski definition) is 4. The standard InChI is InChI=1S/C15H20ClN3O4S/c1-11(2)17-15(21)19-9-7-18(8-10-19)14(20)12-3-5-13(6-4-12)24(16,22)23/h3-6,11H,7-10H2,1-2H3,(H,17,21). The highest BCUT2D eigenvalue weighted by molar-refractivity contribution is 8.13. The van der Waals surface area contributed by atoms with Crippen molar-refractivity contribution in [1.29, 1.82) is 0 Å². The van der Waals surface area contributed by atoms with Gasteiger partial charge >= 0.3 is 6.03 Å². The summed E-state index contributed by atoms with van der Waals surface area (Å²) >= 11 is 0. The van der Waals surface area contributed by atoms with Crippen molar-refractivity contribution in [3.8, 4) is 0 Å². The number of piperazine rings is 1. The first-order valence-electron chi connectivity index (χ1n) is 7.58. The Morgan fingerprint density at radius 2 is 1.54 bits per heavy atom. The van der Waals surface area contributed by atoms with E-state index < -0.39 is 9.05 Å². The van der Waals surface area contributed by atoms with Crippen molar-refractivity contribution in [3.05, 3.63) is 29.8 Å². The van der Waals surface area contributed by atoms with Crippen molar-refractivity contribution in [3.63, 3.8) is 0 Å². The van der Waals surface area contributed by atoms with E-state index in [4.69, 9.17) is 10.7 Å². The Bertz CT molecular complexity index is 711.